The topological polar surface area (TPSA) is 46.2 Å². The lowest BCUT2D eigenvalue weighted by Gasteiger charge is -2.10. The second kappa shape index (κ2) is 5.93. The van der Waals surface area contributed by atoms with Crippen LogP contribution in [0.1, 0.15) is 5.56 Å². The van der Waals surface area contributed by atoms with Crippen LogP contribution in [0, 0.1) is 6.92 Å². The third-order valence-electron chi connectivity index (χ3n) is 2.61. The molecule has 2 aromatic carbocycles. The van der Waals surface area contributed by atoms with Gasteiger partial charge in [0.25, 0.3) is 10.0 Å². The quantitative estimate of drug-likeness (QED) is 0.807. The molecular weight excluding hydrogens is 385 g/mol. The molecule has 0 heterocycles. The van der Waals surface area contributed by atoms with E-state index < -0.39 is 10.0 Å². The van der Waals surface area contributed by atoms with Crippen LogP contribution in [0.4, 0.5) is 5.69 Å². The van der Waals surface area contributed by atoms with Gasteiger partial charge in [-0.15, -0.1) is 0 Å². The summed E-state index contributed by atoms with van der Waals surface area (Å²) >= 11 is 15.1. The number of sulfonamides is 1. The number of hydrogen-bond donors (Lipinski definition) is 1. The van der Waals surface area contributed by atoms with Crippen molar-refractivity contribution in [3.05, 3.63) is 56.5 Å². The van der Waals surface area contributed by atoms with E-state index in [1.165, 1.54) is 18.2 Å². The highest BCUT2D eigenvalue weighted by Gasteiger charge is 2.18. The number of benzene rings is 2. The molecule has 7 heteroatoms. The monoisotopic (exact) mass is 393 g/mol. The lowest BCUT2D eigenvalue weighted by Crippen LogP contribution is -2.13. The third-order valence-corrected chi connectivity index (χ3v) is 5.56. The zero-order valence-corrected chi connectivity index (χ0v) is 14.2. The molecule has 0 saturated carbocycles. The third kappa shape index (κ3) is 3.47. The van der Waals surface area contributed by atoms with E-state index in [9.17, 15) is 8.42 Å². The molecule has 0 spiro atoms. The first-order chi connectivity index (χ1) is 9.29. The number of hydrogen-bond acceptors (Lipinski definition) is 2. The van der Waals surface area contributed by atoms with Gasteiger partial charge >= 0.3 is 0 Å². The molecule has 1 N–H and O–H groups in total. The molecule has 106 valence electrons. The van der Waals surface area contributed by atoms with Gasteiger partial charge in [0.1, 0.15) is 4.90 Å². The van der Waals surface area contributed by atoms with Gasteiger partial charge < -0.3 is 0 Å². The van der Waals surface area contributed by atoms with E-state index in [2.05, 4.69) is 20.7 Å². The maximum atomic E-state index is 12.3. The van der Waals surface area contributed by atoms with Crippen molar-refractivity contribution in [2.24, 2.45) is 0 Å². The number of nitrogens with one attached hydrogen (secondary N) is 1. The highest BCUT2D eigenvalue weighted by atomic mass is 79.9. The van der Waals surface area contributed by atoms with Crippen LogP contribution < -0.4 is 4.72 Å². The fraction of sp³-hybridized carbons (Fsp3) is 0.0769. The molecule has 2 rings (SSSR count). The SMILES string of the molecule is Cc1ccc(NS(=O)(=O)c2cc(Cl)ccc2Cl)cc1Br. The van der Waals surface area contributed by atoms with Crippen LogP contribution in [0.3, 0.4) is 0 Å². The van der Waals surface area contributed by atoms with Gasteiger partial charge in [-0.3, -0.25) is 4.72 Å². The fourth-order valence-corrected chi connectivity index (χ4v) is 3.74. The highest BCUT2D eigenvalue weighted by Crippen LogP contribution is 2.28. The summed E-state index contributed by atoms with van der Waals surface area (Å²) < 4.78 is 27.9. The van der Waals surface area contributed by atoms with Gasteiger partial charge in [0.2, 0.25) is 0 Å². The normalized spacial score (nSPS) is 11.4. The zero-order chi connectivity index (χ0) is 14.9. The number of anilines is 1. The minimum atomic E-state index is -3.78. The minimum Gasteiger partial charge on any atom is -0.280 e. The van der Waals surface area contributed by atoms with E-state index in [0.717, 1.165) is 10.0 Å². The molecule has 3 nitrogen and oxygen atoms in total. The van der Waals surface area contributed by atoms with Crippen molar-refractivity contribution in [3.63, 3.8) is 0 Å². The van der Waals surface area contributed by atoms with Crippen molar-refractivity contribution in [2.45, 2.75) is 11.8 Å². The molecule has 0 unspecified atom stereocenters. The van der Waals surface area contributed by atoms with E-state index in [1.807, 2.05) is 13.0 Å². The maximum Gasteiger partial charge on any atom is 0.263 e. The summed E-state index contributed by atoms with van der Waals surface area (Å²) in [5, 5.41) is 0.424. The van der Waals surface area contributed by atoms with Crippen LogP contribution in [-0.2, 0) is 10.0 Å². The van der Waals surface area contributed by atoms with Gasteiger partial charge in [0, 0.05) is 15.2 Å². The number of aryl methyl sites for hydroxylation is 1. The van der Waals surface area contributed by atoms with Gasteiger partial charge in [-0.1, -0.05) is 45.2 Å². The molecule has 0 bridgehead atoms. The fourth-order valence-electron chi connectivity index (χ4n) is 1.55. The lowest BCUT2D eigenvalue weighted by atomic mass is 10.2. The smallest absolute Gasteiger partial charge is 0.263 e. The van der Waals surface area contributed by atoms with Crippen LogP contribution in [0.5, 0.6) is 0 Å². The number of rotatable bonds is 3. The van der Waals surface area contributed by atoms with E-state index in [4.69, 9.17) is 23.2 Å². The summed E-state index contributed by atoms with van der Waals surface area (Å²) in [5.41, 5.74) is 1.45. The highest BCUT2D eigenvalue weighted by molar-refractivity contribution is 9.10. The maximum absolute atomic E-state index is 12.3. The molecule has 2 aromatic rings. The predicted molar refractivity (Wildman–Crippen MR) is 86.1 cm³/mol. The summed E-state index contributed by atoms with van der Waals surface area (Å²) in [6.07, 6.45) is 0. The Morgan fingerprint density at radius 2 is 1.80 bits per heavy atom. The van der Waals surface area contributed by atoms with E-state index in [1.54, 1.807) is 12.1 Å². The summed E-state index contributed by atoms with van der Waals surface area (Å²) in [7, 11) is -3.78. The largest absolute Gasteiger partial charge is 0.280 e. The van der Waals surface area contributed by atoms with Crippen LogP contribution in [-0.4, -0.2) is 8.42 Å². The Hall–Kier alpha value is -0.750. The van der Waals surface area contributed by atoms with Gasteiger partial charge in [-0.25, -0.2) is 8.42 Å². The molecule has 0 amide bonds. The van der Waals surface area contributed by atoms with Gasteiger partial charge in [-0.05, 0) is 42.8 Å². The molecule has 0 fully saturated rings. The molecule has 0 radical (unpaired) electrons. The predicted octanol–water partition coefficient (Wildman–Crippen LogP) is 4.87. The second-order valence-corrected chi connectivity index (χ2v) is 7.49. The molecule has 0 aliphatic carbocycles. The van der Waals surface area contributed by atoms with Crippen molar-refractivity contribution >= 4 is 54.8 Å². The molecule has 0 atom stereocenters. The first kappa shape index (κ1) is 15.6. The first-order valence-corrected chi connectivity index (χ1v) is 8.57. The van der Waals surface area contributed by atoms with E-state index in [0.29, 0.717) is 10.7 Å². The van der Waals surface area contributed by atoms with E-state index in [-0.39, 0.29) is 9.92 Å². The Morgan fingerprint density at radius 3 is 2.45 bits per heavy atom. The summed E-state index contributed by atoms with van der Waals surface area (Å²) in [5.74, 6) is 0. The average molecular weight is 395 g/mol. The van der Waals surface area contributed by atoms with Crippen molar-refractivity contribution in [2.75, 3.05) is 4.72 Å². The standard InChI is InChI=1S/C13H10BrCl2NO2S/c1-8-2-4-10(7-11(8)14)17-20(18,19)13-6-9(15)3-5-12(13)16/h2-7,17H,1H3. The minimum absolute atomic E-state index is 0.0524. The zero-order valence-electron chi connectivity index (χ0n) is 10.3. The van der Waals surface area contributed by atoms with Crippen LogP contribution in [0.2, 0.25) is 10.0 Å². The molecular formula is C13H10BrCl2NO2S. The molecule has 0 aliphatic heterocycles. The van der Waals surface area contributed by atoms with Crippen LogP contribution >= 0.6 is 39.1 Å². The molecule has 0 aliphatic rings. The summed E-state index contributed by atoms with van der Waals surface area (Å²) in [6, 6.07) is 9.47. The Morgan fingerprint density at radius 1 is 1.10 bits per heavy atom. The second-order valence-electron chi connectivity index (χ2n) is 4.14. The van der Waals surface area contributed by atoms with Crippen LogP contribution in [0.15, 0.2) is 45.8 Å². The van der Waals surface area contributed by atoms with Crippen LogP contribution in [0.25, 0.3) is 0 Å². The summed E-state index contributed by atoms with van der Waals surface area (Å²) in [4.78, 5) is -0.0524. The lowest BCUT2D eigenvalue weighted by molar-refractivity contribution is 0.601. The Labute approximate surface area is 136 Å². The van der Waals surface area contributed by atoms with Gasteiger partial charge in [-0.2, -0.15) is 0 Å². The Balaban J connectivity index is 2.40. The summed E-state index contributed by atoms with van der Waals surface area (Å²) in [6.45, 7) is 1.91. The van der Waals surface area contributed by atoms with Crippen molar-refractivity contribution < 1.29 is 8.42 Å². The van der Waals surface area contributed by atoms with Crippen molar-refractivity contribution in [1.29, 1.82) is 0 Å². The first-order valence-electron chi connectivity index (χ1n) is 5.53. The molecule has 0 saturated heterocycles. The Kier molecular flexibility index (Phi) is 4.64. The average Bonchev–Trinajstić information content (AvgIpc) is 2.36. The van der Waals surface area contributed by atoms with Crippen molar-refractivity contribution in [1.82, 2.24) is 0 Å². The van der Waals surface area contributed by atoms with Crippen molar-refractivity contribution in [3.8, 4) is 0 Å². The molecule has 0 aromatic heterocycles. The Bertz CT molecular complexity index is 763. The van der Waals surface area contributed by atoms with Gasteiger partial charge in [0.15, 0.2) is 0 Å². The molecule has 20 heavy (non-hydrogen) atoms. The number of halogens is 3. The van der Waals surface area contributed by atoms with E-state index >= 15 is 0 Å². The van der Waals surface area contributed by atoms with Gasteiger partial charge in [0.05, 0.1) is 5.02 Å².